The normalized spacial score (nSPS) is 9.57. The first-order valence-electron chi connectivity index (χ1n) is 4.34. The Morgan fingerprint density at radius 2 is 2.29 bits per heavy atom. The number of benzene rings is 1. The average Bonchev–Trinajstić information content (AvgIpc) is 2.20. The van der Waals surface area contributed by atoms with Crippen LogP contribution < -0.4 is 5.32 Å². The Morgan fingerprint density at radius 3 is 2.86 bits per heavy atom. The molecule has 1 rings (SSSR count). The summed E-state index contributed by atoms with van der Waals surface area (Å²) in [6.07, 6.45) is 0. The summed E-state index contributed by atoms with van der Waals surface area (Å²) >= 11 is 0. The number of methoxy groups -OCH3 is 1. The van der Waals surface area contributed by atoms with Crippen LogP contribution in [0.1, 0.15) is 17.3 Å². The van der Waals surface area contributed by atoms with Crippen LogP contribution >= 0.6 is 0 Å². The largest absolute Gasteiger partial charge is 0.508 e. The highest BCUT2D eigenvalue weighted by atomic mass is 16.5. The van der Waals surface area contributed by atoms with Crippen molar-refractivity contribution in [3.8, 4) is 5.75 Å². The van der Waals surface area contributed by atoms with Crippen molar-refractivity contribution in [3.05, 3.63) is 23.8 Å². The van der Waals surface area contributed by atoms with Gasteiger partial charge in [0.05, 0.1) is 12.7 Å². The van der Waals surface area contributed by atoms with Crippen LogP contribution in [-0.4, -0.2) is 24.7 Å². The molecule has 0 saturated heterocycles. The fourth-order valence-corrected chi connectivity index (χ4v) is 1.16. The number of hydrogen-bond acceptors (Lipinski definition) is 4. The number of carbonyl (C=O) groups is 1. The molecule has 0 amide bonds. The van der Waals surface area contributed by atoms with Gasteiger partial charge < -0.3 is 15.2 Å². The standard InChI is InChI=1S/C10H13NO3/c1-3-11-9-5-4-7(12)6-8(9)10(13)14-2/h4-6,11-12H,3H2,1-2H3. The molecule has 0 aliphatic heterocycles. The number of phenolic OH excluding ortho intramolecular Hbond substituents is 1. The van der Waals surface area contributed by atoms with Crippen molar-refractivity contribution in [2.45, 2.75) is 6.92 Å². The molecule has 0 atom stereocenters. The molecule has 1 aromatic carbocycles. The van der Waals surface area contributed by atoms with E-state index in [1.165, 1.54) is 19.2 Å². The Morgan fingerprint density at radius 1 is 1.57 bits per heavy atom. The Labute approximate surface area is 82.5 Å². The van der Waals surface area contributed by atoms with Crippen molar-refractivity contribution in [2.75, 3.05) is 19.0 Å². The minimum atomic E-state index is -0.461. The van der Waals surface area contributed by atoms with Crippen LogP contribution in [0.5, 0.6) is 5.75 Å². The summed E-state index contributed by atoms with van der Waals surface area (Å²) in [6.45, 7) is 2.63. The van der Waals surface area contributed by atoms with Gasteiger partial charge in [0, 0.05) is 12.2 Å². The average molecular weight is 195 g/mol. The third-order valence-corrected chi connectivity index (χ3v) is 1.78. The first kappa shape index (κ1) is 10.4. The van der Waals surface area contributed by atoms with Crippen LogP contribution in [0, 0.1) is 0 Å². The summed E-state index contributed by atoms with van der Waals surface area (Å²) in [5.41, 5.74) is 1.01. The Hall–Kier alpha value is -1.71. The smallest absolute Gasteiger partial charge is 0.340 e. The van der Waals surface area contributed by atoms with Gasteiger partial charge in [-0.15, -0.1) is 0 Å². The predicted molar refractivity (Wildman–Crippen MR) is 53.6 cm³/mol. The minimum Gasteiger partial charge on any atom is -0.508 e. The molecule has 14 heavy (non-hydrogen) atoms. The van der Waals surface area contributed by atoms with E-state index in [9.17, 15) is 9.90 Å². The van der Waals surface area contributed by atoms with Gasteiger partial charge in [-0.1, -0.05) is 0 Å². The van der Waals surface area contributed by atoms with E-state index >= 15 is 0 Å². The Kier molecular flexibility index (Phi) is 3.34. The molecule has 0 bridgehead atoms. The van der Waals surface area contributed by atoms with E-state index in [2.05, 4.69) is 10.1 Å². The lowest BCUT2D eigenvalue weighted by Gasteiger charge is -2.08. The summed E-state index contributed by atoms with van der Waals surface area (Å²) < 4.78 is 4.59. The Balaban J connectivity index is 3.08. The maximum Gasteiger partial charge on any atom is 0.340 e. The quantitative estimate of drug-likeness (QED) is 0.568. The van der Waals surface area contributed by atoms with E-state index in [4.69, 9.17) is 0 Å². The second-order valence-electron chi connectivity index (χ2n) is 2.75. The van der Waals surface area contributed by atoms with Crippen LogP contribution in [0.4, 0.5) is 5.69 Å². The number of nitrogens with one attached hydrogen (secondary N) is 1. The Bertz CT molecular complexity index is 336. The van der Waals surface area contributed by atoms with Gasteiger partial charge >= 0.3 is 5.97 Å². The fraction of sp³-hybridized carbons (Fsp3) is 0.300. The van der Waals surface area contributed by atoms with Gasteiger partial charge in [0.1, 0.15) is 5.75 Å². The monoisotopic (exact) mass is 195 g/mol. The number of aromatic hydroxyl groups is 1. The van der Waals surface area contributed by atoms with E-state index in [1.807, 2.05) is 6.92 Å². The lowest BCUT2D eigenvalue weighted by atomic mass is 10.1. The molecule has 0 heterocycles. The van der Waals surface area contributed by atoms with Gasteiger partial charge in [0.15, 0.2) is 0 Å². The molecular weight excluding hydrogens is 182 g/mol. The fourth-order valence-electron chi connectivity index (χ4n) is 1.16. The third-order valence-electron chi connectivity index (χ3n) is 1.78. The van der Waals surface area contributed by atoms with Crippen LogP contribution in [0.2, 0.25) is 0 Å². The lowest BCUT2D eigenvalue weighted by molar-refractivity contribution is 0.0601. The third kappa shape index (κ3) is 2.16. The lowest BCUT2D eigenvalue weighted by Crippen LogP contribution is -2.07. The summed E-state index contributed by atoms with van der Waals surface area (Å²) in [5, 5.41) is 12.2. The highest BCUT2D eigenvalue weighted by Gasteiger charge is 2.11. The molecule has 0 spiro atoms. The zero-order valence-electron chi connectivity index (χ0n) is 8.20. The first-order chi connectivity index (χ1) is 6.69. The van der Waals surface area contributed by atoms with Crippen LogP contribution in [0.15, 0.2) is 18.2 Å². The molecule has 0 aliphatic carbocycles. The van der Waals surface area contributed by atoms with Crippen molar-refractivity contribution in [3.63, 3.8) is 0 Å². The molecule has 1 aromatic rings. The van der Waals surface area contributed by atoms with Crippen molar-refractivity contribution >= 4 is 11.7 Å². The molecule has 4 heteroatoms. The number of rotatable bonds is 3. The number of phenols is 1. The maximum absolute atomic E-state index is 11.3. The summed E-state index contributed by atoms with van der Waals surface area (Å²) in [4.78, 5) is 11.3. The van der Waals surface area contributed by atoms with Crippen LogP contribution in [-0.2, 0) is 4.74 Å². The minimum absolute atomic E-state index is 0.0482. The molecule has 76 valence electrons. The molecule has 0 saturated carbocycles. The molecule has 4 nitrogen and oxygen atoms in total. The van der Waals surface area contributed by atoms with E-state index in [-0.39, 0.29) is 5.75 Å². The highest BCUT2D eigenvalue weighted by Crippen LogP contribution is 2.21. The molecule has 0 fully saturated rings. The highest BCUT2D eigenvalue weighted by molar-refractivity contribution is 5.96. The van der Waals surface area contributed by atoms with E-state index in [0.29, 0.717) is 17.8 Å². The molecule has 0 aliphatic rings. The van der Waals surface area contributed by atoms with Gasteiger partial charge in [-0.05, 0) is 25.1 Å². The SMILES string of the molecule is CCNc1ccc(O)cc1C(=O)OC. The summed E-state index contributed by atoms with van der Waals surface area (Å²) in [5.74, 6) is -0.413. The number of anilines is 1. The molecule has 0 unspecified atom stereocenters. The zero-order valence-corrected chi connectivity index (χ0v) is 8.20. The summed E-state index contributed by atoms with van der Waals surface area (Å²) in [6, 6.07) is 4.54. The molecule has 2 N–H and O–H groups in total. The van der Waals surface area contributed by atoms with E-state index in [1.54, 1.807) is 6.07 Å². The second kappa shape index (κ2) is 4.50. The molecule has 0 radical (unpaired) electrons. The van der Waals surface area contributed by atoms with Crippen LogP contribution in [0.25, 0.3) is 0 Å². The number of hydrogen-bond donors (Lipinski definition) is 2. The first-order valence-corrected chi connectivity index (χ1v) is 4.34. The maximum atomic E-state index is 11.3. The topological polar surface area (TPSA) is 58.6 Å². The zero-order chi connectivity index (χ0) is 10.6. The number of esters is 1. The van der Waals surface area contributed by atoms with Crippen molar-refractivity contribution in [1.82, 2.24) is 0 Å². The van der Waals surface area contributed by atoms with Crippen LogP contribution in [0.3, 0.4) is 0 Å². The summed E-state index contributed by atoms with van der Waals surface area (Å²) in [7, 11) is 1.31. The van der Waals surface area contributed by atoms with Crippen molar-refractivity contribution in [2.24, 2.45) is 0 Å². The molecule has 0 aromatic heterocycles. The van der Waals surface area contributed by atoms with E-state index < -0.39 is 5.97 Å². The van der Waals surface area contributed by atoms with Gasteiger partial charge in [0.25, 0.3) is 0 Å². The van der Waals surface area contributed by atoms with Crippen molar-refractivity contribution < 1.29 is 14.6 Å². The second-order valence-corrected chi connectivity index (χ2v) is 2.75. The predicted octanol–water partition coefficient (Wildman–Crippen LogP) is 1.61. The van der Waals surface area contributed by atoms with E-state index in [0.717, 1.165) is 0 Å². The van der Waals surface area contributed by atoms with Crippen molar-refractivity contribution in [1.29, 1.82) is 0 Å². The number of ether oxygens (including phenoxy) is 1. The molecular formula is C10H13NO3. The van der Waals surface area contributed by atoms with Gasteiger partial charge in [0.2, 0.25) is 0 Å². The van der Waals surface area contributed by atoms with Gasteiger partial charge in [-0.3, -0.25) is 0 Å². The van der Waals surface area contributed by atoms with Gasteiger partial charge in [-0.25, -0.2) is 4.79 Å². The van der Waals surface area contributed by atoms with Gasteiger partial charge in [-0.2, -0.15) is 0 Å². The number of carbonyl (C=O) groups excluding carboxylic acids is 1.